The lowest BCUT2D eigenvalue weighted by Crippen LogP contribution is -2.42. The van der Waals surface area contributed by atoms with Crippen molar-refractivity contribution in [2.24, 2.45) is 22.7 Å². The molecule has 5 heteroatoms. The Balaban J connectivity index is 1.60. The Hall–Kier alpha value is -0.260. The number of benzene rings is 1. The second kappa shape index (κ2) is 5.12. The molecule has 5 rings (SSSR count). The number of amides is 1. The molecule has 6 atom stereocenters. The van der Waals surface area contributed by atoms with Crippen LogP contribution in [0.4, 0.5) is 4.79 Å². The molecule has 22 heavy (non-hydrogen) atoms. The molecule has 6 unspecified atom stereocenters. The number of fused-ring (bicyclic) bond motifs is 6. The first-order chi connectivity index (χ1) is 10.7. The molecular formula is C17H16BrNOS2. The summed E-state index contributed by atoms with van der Waals surface area (Å²) in [6, 6.07) is 8.76. The Morgan fingerprint density at radius 3 is 2.68 bits per heavy atom. The van der Waals surface area contributed by atoms with Crippen molar-refractivity contribution in [2.75, 3.05) is 0 Å². The molecule has 0 N–H and O–H groups in total. The van der Waals surface area contributed by atoms with Gasteiger partial charge in [-0.15, -0.1) is 11.8 Å². The van der Waals surface area contributed by atoms with E-state index in [1.165, 1.54) is 36.6 Å². The van der Waals surface area contributed by atoms with Gasteiger partial charge in [-0.05, 0) is 54.7 Å². The Morgan fingerprint density at radius 2 is 1.86 bits per heavy atom. The Kier molecular flexibility index (Phi) is 3.28. The lowest BCUT2D eigenvalue weighted by atomic mass is 9.74. The normalized spacial score (nSPS) is 42.2. The van der Waals surface area contributed by atoms with Gasteiger partial charge >= 0.3 is 5.24 Å². The van der Waals surface area contributed by atoms with E-state index in [1.807, 2.05) is 11.8 Å². The van der Waals surface area contributed by atoms with E-state index in [-0.39, 0.29) is 10.5 Å². The number of rotatable bonds is 1. The summed E-state index contributed by atoms with van der Waals surface area (Å²) in [7, 11) is 0. The van der Waals surface area contributed by atoms with Gasteiger partial charge in [0.25, 0.3) is 0 Å². The van der Waals surface area contributed by atoms with Crippen LogP contribution in [0, 0.1) is 17.8 Å². The van der Waals surface area contributed by atoms with Crippen molar-refractivity contribution in [3.8, 4) is 0 Å². The summed E-state index contributed by atoms with van der Waals surface area (Å²) in [6.45, 7) is 0. The predicted molar refractivity (Wildman–Crippen MR) is 96.8 cm³/mol. The van der Waals surface area contributed by atoms with Gasteiger partial charge in [0.2, 0.25) is 0 Å². The standard InChI is InChI=1S/C17H16BrNOS2/c18-11-5-3-8(4-6-11)12-13-9-1-2-10(7-9)14(13)21-16-15(12)22-17(20)19-16/h3-6,9-10,12-15H,1-2,7H2. The van der Waals surface area contributed by atoms with Crippen molar-refractivity contribution in [1.82, 2.24) is 0 Å². The van der Waals surface area contributed by atoms with Crippen molar-refractivity contribution in [2.45, 2.75) is 35.7 Å². The summed E-state index contributed by atoms with van der Waals surface area (Å²) >= 11 is 6.94. The van der Waals surface area contributed by atoms with Gasteiger partial charge in [-0.25, -0.2) is 4.99 Å². The van der Waals surface area contributed by atoms with Crippen LogP contribution in [0.5, 0.6) is 0 Å². The third kappa shape index (κ3) is 2.01. The minimum Gasteiger partial charge on any atom is -0.259 e. The van der Waals surface area contributed by atoms with Crippen molar-refractivity contribution >= 4 is 49.7 Å². The van der Waals surface area contributed by atoms with Gasteiger partial charge in [0.1, 0.15) is 0 Å². The highest BCUT2D eigenvalue weighted by molar-refractivity contribution is 9.10. The van der Waals surface area contributed by atoms with E-state index in [9.17, 15) is 4.79 Å². The summed E-state index contributed by atoms with van der Waals surface area (Å²) in [4.78, 5) is 16.2. The minimum atomic E-state index is 0.0157. The number of aliphatic imine (C=N–C) groups is 1. The average Bonchev–Trinajstić information content (AvgIpc) is 3.19. The first-order valence-corrected chi connectivity index (χ1v) is 10.5. The molecule has 4 aliphatic rings. The second-order valence-electron chi connectivity index (χ2n) is 6.82. The molecule has 1 aromatic rings. The highest BCUT2D eigenvalue weighted by atomic mass is 79.9. The molecular weight excluding hydrogens is 378 g/mol. The van der Waals surface area contributed by atoms with Gasteiger partial charge in [0.15, 0.2) is 0 Å². The largest absolute Gasteiger partial charge is 0.306 e. The van der Waals surface area contributed by atoms with Crippen molar-refractivity contribution in [3.63, 3.8) is 0 Å². The first-order valence-electron chi connectivity index (χ1n) is 7.92. The lowest BCUT2D eigenvalue weighted by molar-refractivity contribution is 0.268. The fraction of sp³-hybridized carbons (Fsp3) is 0.529. The monoisotopic (exact) mass is 393 g/mol. The van der Waals surface area contributed by atoms with Crippen molar-refractivity contribution in [1.29, 1.82) is 0 Å². The van der Waals surface area contributed by atoms with Crippen LogP contribution in [-0.4, -0.2) is 20.8 Å². The molecule has 0 spiro atoms. The van der Waals surface area contributed by atoms with Crippen LogP contribution in [0.3, 0.4) is 0 Å². The van der Waals surface area contributed by atoms with E-state index in [0.29, 0.717) is 11.2 Å². The van der Waals surface area contributed by atoms with Gasteiger partial charge in [-0.1, -0.05) is 39.8 Å². The topological polar surface area (TPSA) is 29.4 Å². The maximum atomic E-state index is 11.9. The second-order valence-corrected chi connectivity index (χ2v) is 10.0. The molecule has 2 nitrogen and oxygen atoms in total. The van der Waals surface area contributed by atoms with Crippen molar-refractivity contribution < 1.29 is 4.79 Å². The van der Waals surface area contributed by atoms with Gasteiger partial charge in [0, 0.05) is 15.6 Å². The van der Waals surface area contributed by atoms with E-state index in [0.717, 1.165) is 27.3 Å². The SMILES string of the molecule is O=C1N=C2SC3C4CCC(C4)C3C(c3ccc(Br)cc3)C2S1. The quantitative estimate of drug-likeness (QED) is 0.645. The average molecular weight is 394 g/mol. The zero-order valence-electron chi connectivity index (χ0n) is 11.9. The molecule has 1 saturated heterocycles. The maximum absolute atomic E-state index is 11.9. The lowest BCUT2D eigenvalue weighted by Gasteiger charge is -2.43. The van der Waals surface area contributed by atoms with Crippen LogP contribution in [0.2, 0.25) is 0 Å². The zero-order valence-corrected chi connectivity index (χ0v) is 15.2. The number of hydrogen-bond acceptors (Lipinski definition) is 3. The van der Waals surface area contributed by atoms with E-state index >= 15 is 0 Å². The molecule has 2 aliphatic heterocycles. The summed E-state index contributed by atoms with van der Waals surface area (Å²) in [6.07, 6.45) is 4.16. The molecule has 0 aromatic heterocycles. The summed E-state index contributed by atoms with van der Waals surface area (Å²) in [5.41, 5.74) is 1.39. The number of nitrogens with zero attached hydrogens (tertiary/aromatic N) is 1. The number of carbonyl (C=O) groups excluding carboxylic acids is 1. The van der Waals surface area contributed by atoms with Crippen LogP contribution >= 0.6 is 39.5 Å². The van der Waals surface area contributed by atoms with Gasteiger partial charge < -0.3 is 0 Å². The first kappa shape index (κ1) is 14.1. The van der Waals surface area contributed by atoms with Crippen LogP contribution in [0.15, 0.2) is 33.7 Å². The van der Waals surface area contributed by atoms with Crippen LogP contribution in [-0.2, 0) is 0 Å². The Bertz CT molecular complexity index is 674. The molecule has 0 radical (unpaired) electrons. The van der Waals surface area contributed by atoms with Gasteiger partial charge in [-0.2, -0.15) is 0 Å². The smallest absolute Gasteiger partial charge is 0.259 e. The summed E-state index contributed by atoms with van der Waals surface area (Å²) in [5, 5.41) is 2.08. The molecule has 2 saturated carbocycles. The minimum absolute atomic E-state index is 0.0157. The number of thioether (sulfide) groups is 2. The summed E-state index contributed by atoms with van der Waals surface area (Å²) < 4.78 is 1.12. The molecule has 1 amide bonds. The van der Waals surface area contributed by atoms with E-state index < -0.39 is 0 Å². The summed E-state index contributed by atoms with van der Waals surface area (Å²) in [5.74, 6) is 2.90. The number of hydrogen-bond donors (Lipinski definition) is 0. The van der Waals surface area contributed by atoms with Crippen LogP contribution in [0.25, 0.3) is 0 Å². The Labute approximate surface area is 147 Å². The molecule has 1 aromatic carbocycles. The Morgan fingerprint density at radius 1 is 1.09 bits per heavy atom. The molecule has 2 heterocycles. The van der Waals surface area contributed by atoms with Crippen molar-refractivity contribution in [3.05, 3.63) is 34.3 Å². The maximum Gasteiger partial charge on any atom is 0.306 e. The highest BCUT2D eigenvalue weighted by Crippen LogP contribution is 2.63. The molecule has 114 valence electrons. The van der Waals surface area contributed by atoms with Gasteiger partial charge in [0.05, 0.1) is 10.3 Å². The number of carbonyl (C=O) groups is 1. The zero-order chi connectivity index (χ0) is 14.8. The van der Waals surface area contributed by atoms with Crippen LogP contribution < -0.4 is 0 Å². The molecule has 2 aliphatic carbocycles. The highest BCUT2D eigenvalue weighted by Gasteiger charge is 2.58. The fourth-order valence-electron chi connectivity index (χ4n) is 5.04. The van der Waals surface area contributed by atoms with Crippen LogP contribution in [0.1, 0.15) is 30.7 Å². The van der Waals surface area contributed by atoms with E-state index in [2.05, 4.69) is 45.2 Å². The molecule has 3 fully saturated rings. The third-order valence-electron chi connectivity index (χ3n) is 5.83. The van der Waals surface area contributed by atoms with Gasteiger partial charge in [-0.3, -0.25) is 4.79 Å². The number of halogens is 1. The van der Waals surface area contributed by atoms with E-state index in [1.54, 1.807) is 0 Å². The van der Waals surface area contributed by atoms with E-state index in [4.69, 9.17) is 0 Å². The fourth-order valence-corrected chi connectivity index (χ4v) is 8.36. The molecule has 2 bridgehead atoms. The third-order valence-corrected chi connectivity index (χ3v) is 9.13. The predicted octanol–water partition coefficient (Wildman–Crippen LogP) is 5.33.